The van der Waals surface area contributed by atoms with Crippen LogP contribution in [0.25, 0.3) is 0 Å². The summed E-state index contributed by atoms with van der Waals surface area (Å²) < 4.78 is 0. The number of hydrogen-bond donors (Lipinski definition) is 2. The topological polar surface area (TPSA) is 76.5 Å². The predicted octanol–water partition coefficient (Wildman–Crippen LogP) is 2.70. The van der Waals surface area contributed by atoms with Crippen LogP contribution in [0, 0.1) is 17.2 Å². The van der Waals surface area contributed by atoms with Crippen molar-refractivity contribution in [2.75, 3.05) is 19.6 Å². The molecular formula is C20H30N4O2S. The van der Waals surface area contributed by atoms with Crippen molar-refractivity contribution in [3.8, 4) is 0 Å². The lowest BCUT2D eigenvalue weighted by Gasteiger charge is -2.34. The summed E-state index contributed by atoms with van der Waals surface area (Å²) in [5.41, 5.74) is 0.418. The average molecular weight is 391 g/mol. The molecule has 0 spiro atoms. The lowest BCUT2D eigenvalue weighted by molar-refractivity contribution is -0.134. The standard InChI is InChI=1S/C20H30N4O2S/c1-14(2)11-20(3)18(26)24(19(21)22-20)12-15-4-7-23(8-5-15)17(25)10-16-6-9-27-13-16/h6,9,13-15H,4-5,7-8,10-12H2,1-3H3,(H2,21,22). The molecule has 3 heterocycles. The van der Waals surface area contributed by atoms with Crippen LogP contribution in [0.15, 0.2) is 16.8 Å². The van der Waals surface area contributed by atoms with Gasteiger partial charge in [-0.2, -0.15) is 11.3 Å². The summed E-state index contributed by atoms with van der Waals surface area (Å²) in [6, 6.07) is 2.00. The molecule has 2 fully saturated rings. The van der Waals surface area contributed by atoms with E-state index >= 15 is 0 Å². The van der Waals surface area contributed by atoms with Crippen LogP contribution in [0.5, 0.6) is 0 Å². The molecule has 3 rings (SSSR count). The van der Waals surface area contributed by atoms with E-state index in [0.717, 1.165) is 37.9 Å². The Morgan fingerprint density at radius 1 is 1.41 bits per heavy atom. The molecule has 0 saturated carbocycles. The van der Waals surface area contributed by atoms with Crippen molar-refractivity contribution in [3.05, 3.63) is 22.4 Å². The number of nitrogens with one attached hydrogen (secondary N) is 2. The molecule has 0 bridgehead atoms. The highest BCUT2D eigenvalue weighted by atomic mass is 32.1. The van der Waals surface area contributed by atoms with Gasteiger partial charge in [0, 0.05) is 19.6 Å². The van der Waals surface area contributed by atoms with Gasteiger partial charge in [-0.25, -0.2) is 0 Å². The van der Waals surface area contributed by atoms with Crippen LogP contribution in [0.4, 0.5) is 0 Å². The normalized spacial score (nSPS) is 24.0. The van der Waals surface area contributed by atoms with Gasteiger partial charge in [0.1, 0.15) is 5.54 Å². The number of thiophene rings is 1. The number of piperidine rings is 1. The van der Waals surface area contributed by atoms with Gasteiger partial charge in [-0.1, -0.05) is 13.8 Å². The molecule has 1 unspecified atom stereocenters. The Labute approximate surface area is 165 Å². The first-order chi connectivity index (χ1) is 12.8. The summed E-state index contributed by atoms with van der Waals surface area (Å²) in [6.45, 7) is 8.13. The van der Waals surface area contributed by atoms with Crippen LogP contribution in [-0.4, -0.2) is 52.7 Å². The summed E-state index contributed by atoms with van der Waals surface area (Å²) in [6.07, 6.45) is 2.96. The molecular weight excluding hydrogens is 360 g/mol. The predicted molar refractivity (Wildman–Crippen MR) is 108 cm³/mol. The van der Waals surface area contributed by atoms with Crippen molar-refractivity contribution in [1.82, 2.24) is 15.1 Å². The van der Waals surface area contributed by atoms with E-state index in [2.05, 4.69) is 19.2 Å². The fourth-order valence-corrected chi connectivity index (χ4v) is 4.88. The summed E-state index contributed by atoms with van der Waals surface area (Å²) in [7, 11) is 0. The lowest BCUT2D eigenvalue weighted by Crippen LogP contribution is -2.46. The van der Waals surface area contributed by atoms with Crippen molar-refractivity contribution < 1.29 is 9.59 Å². The molecule has 1 atom stereocenters. The molecule has 1 aromatic rings. The maximum atomic E-state index is 12.9. The maximum absolute atomic E-state index is 12.9. The van der Waals surface area contributed by atoms with E-state index in [1.54, 1.807) is 16.2 Å². The Morgan fingerprint density at radius 2 is 2.11 bits per heavy atom. The Balaban J connectivity index is 1.51. The van der Waals surface area contributed by atoms with E-state index in [1.807, 2.05) is 28.7 Å². The first-order valence-electron chi connectivity index (χ1n) is 9.76. The van der Waals surface area contributed by atoms with Crippen LogP contribution >= 0.6 is 11.3 Å². The van der Waals surface area contributed by atoms with Gasteiger partial charge < -0.3 is 10.2 Å². The molecule has 27 heavy (non-hydrogen) atoms. The van der Waals surface area contributed by atoms with Gasteiger partial charge >= 0.3 is 0 Å². The lowest BCUT2D eigenvalue weighted by atomic mass is 9.90. The van der Waals surface area contributed by atoms with E-state index in [9.17, 15) is 9.59 Å². The van der Waals surface area contributed by atoms with E-state index in [-0.39, 0.29) is 17.8 Å². The number of likely N-dealkylation sites (tertiary alicyclic amines) is 1. The van der Waals surface area contributed by atoms with Crippen molar-refractivity contribution in [2.24, 2.45) is 11.8 Å². The zero-order chi connectivity index (χ0) is 19.6. The summed E-state index contributed by atoms with van der Waals surface area (Å²) in [4.78, 5) is 28.8. The molecule has 2 aliphatic rings. The third-order valence-electron chi connectivity index (χ3n) is 5.54. The monoisotopic (exact) mass is 390 g/mol. The van der Waals surface area contributed by atoms with Crippen LogP contribution in [0.3, 0.4) is 0 Å². The zero-order valence-electron chi connectivity index (χ0n) is 16.5. The fourth-order valence-electron chi connectivity index (χ4n) is 4.21. The minimum atomic E-state index is -0.664. The highest BCUT2D eigenvalue weighted by molar-refractivity contribution is 7.08. The van der Waals surface area contributed by atoms with Gasteiger partial charge in [0.15, 0.2) is 5.96 Å². The Bertz CT molecular complexity index is 695. The van der Waals surface area contributed by atoms with Crippen LogP contribution in [-0.2, 0) is 16.0 Å². The first kappa shape index (κ1) is 19.9. The van der Waals surface area contributed by atoms with Crippen LogP contribution in [0.2, 0.25) is 0 Å². The minimum absolute atomic E-state index is 0.0113. The van der Waals surface area contributed by atoms with Crippen LogP contribution in [0.1, 0.15) is 45.6 Å². The quantitative estimate of drug-likeness (QED) is 0.784. The minimum Gasteiger partial charge on any atom is -0.342 e. The van der Waals surface area contributed by atoms with Gasteiger partial charge in [0.2, 0.25) is 5.91 Å². The molecule has 2 saturated heterocycles. The number of rotatable bonds is 6. The van der Waals surface area contributed by atoms with E-state index in [1.165, 1.54) is 0 Å². The second kappa shape index (κ2) is 8.00. The third kappa shape index (κ3) is 4.51. The molecule has 2 N–H and O–H groups in total. The van der Waals surface area contributed by atoms with Crippen molar-refractivity contribution >= 4 is 29.1 Å². The highest BCUT2D eigenvalue weighted by Gasteiger charge is 2.46. The second-order valence-electron chi connectivity index (χ2n) is 8.45. The maximum Gasteiger partial charge on any atom is 0.254 e. The summed E-state index contributed by atoms with van der Waals surface area (Å²) in [5.74, 6) is 1.14. The molecule has 1 aromatic heterocycles. The van der Waals surface area contributed by atoms with Gasteiger partial charge in [0.05, 0.1) is 6.42 Å². The molecule has 0 aliphatic carbocycles. The number of amides is 2. The molecule has 0 radical (unpaired) electrons. The molecule has 2 amide bonds. The molecule has 6 nitrogen and oxygen atoms in total. The molecule has 7 heteroatoms. The molecule has 148 valence electrons. The number of nitrogens with zero attached hydrogens (tertiary/aromatic N) is 2. The zero-order valence-corrected chi connectivity index (χ0v) is 17.3. The van der Waals surface area contributed by atoms with Gasteiger partial charge in [-0.3, -0.25) is 19.9 Å². The largest absolute Gasteiger partial charge is 0.342 e. The SMILES string of the molecule is CC(C)CC1(C)NC(=N)N(CC2CCN(C(=O)Cc3ccsc3)CC2)C1=O. The van der Waals surface area contributed by atoms with Gasteiger partial charge in [-0.05, 0) is 60.4 Å². The number of hydrogen-bond acceptors (Lipinski definition) is 4. The summed E-state index contributed by atoms with van der Waals surface area (Å²) >= 11 is 1.62. The molecule has 2 aliphatic heterocycles. The number of guanidine groups is 1. The summed E-state index contributed by atoms with van der Waals surface area (Å²) in [5, 5.41) is 15.3. The average Bonchev–Trinajstić information content (AvgIpc) is 3.17. The second-order valence-corrected chi connectivity index (χ2v) is 9.23. The Kier molecular flexibility index (Phi) is 5.89. The number of carbonyl (C=O) groups excluding carboxylic acids is 2. The smallest absolute Gasteiger partial charge is 0.254 e. The Hall–Kier alpha value is -1.89. The fraction of sp³-hybridized carbons (Fsp3) is 0.650. The van der Waals surface area contributed by atoms with E-state index in [4.69, 9.17) is 5.41 Å². The van der Waals surface area contributed by atoms with E-state index in [0.29, 0.717) is 24.8 Å². The number of carbonyl (C=O) groups is 2. The van der Waals surface area contributed by atoms with Gasteiger partial charge in [-0.15, -0.1) is 0 Å². The van der Waals surface area contributed by atoms with Crippen molar-refractivity contribution in [2.45, 2.75) is 52.0 Å². The molecule has 0 aromatic carbocycles. The highest BCUT2D eigenvalue weighted by Crippen LogP contribution is 2.27. The van der Waals surface area contributed by atoms with Crippen molar-refractivity contribution in [1.29, 1.82) is 5.41 Å². The van der Waals surface area contributed by atoms with Crippen molar-refractivity contribution in [3.63, 3.8) is 0 Å². The van der Waals surface area contributed by atoms with Gasteiger partial charge in [0.25, 0.3) is 5.91 Å². The first-order valence-corrected chi connectivity index (χ1v) is 10.7. The third-order valence-corrected chi connectivity index (χ3v) is 6.27. The van der Waals surface area contributed by atoms with E-state index < -0.39 is 5.54 Å². The van der Waals surface area contributed by atoms with Crippen LogP contribution < -0.4 is 5.32 Å². The Morgan fingerprint density at radius 3 is 2.70 bits per heavy atom.